The highest BCUT2D eigenvalue weighted by Crippen LogP contribution is 2.35. The molecule has 2 aromatic heterocycles. The molecule has 0 aliphatic carbocycles. The van der Waals surface area contributed by atoms with Crippen LogP contribution in [-0.4, -0.2) is 15.1 Å². The minimum absolute atomic E-state index is 0.511. The Balaban J connectivity index is 1.67. The van der Waals surface area contributed by atoms with Crippen molar-refractivity contribution < 1.29 is 4.52 Å². The van der Waals surface area contributed by atoms with E-state index in [-0.39, 0.29) is 0 Å². The van der Waals surface area contributed by atoms with Gasteiger partial charge in [0.05, 0.1) is 5.56 Å². The van der Waals surface area contributed by atoms with Gasteiger partial charge in [-0.2, -0.15) is 4.98 Å². The summed E-state index contributed by atoms with van der Waals surface area (Å²) in [6, 6.07) is 18.5. The molecule has 4 nitrogen and oxygen atoms in total. The summed E-state index contributed by atoms with van der Waals surface area (Å²) >= 11 is 1.69. The normalized spacial score (nSPS) is 10.8. The number of rotatable bonds is 4. The molecule has 0 atom stereocenters. The van der Waals surface area contributed by atoms with E-state index < -0.39 is 0 Å². The van der Waals surface area contributed by atoms with E-state index in [0.29, 0.717) is 11.7 Å². The summed E-state index contributed by atoms with van der Waals surface area (Å²) in [7, 11) is 0. The van der Waals surface area contributed by atoms with Crippen molar-refractivity contribution in [3.05, 3.63) is 78.1 Å². The van der Waals surface area contributed by atoms with E-state index in [4.69, 9.17) is 4.52 Å². The lowest BCUT2D eigenvalue weighted by molar-refractivity contribution is 0.431. The molecule has 0 aliphatic heterocycles. The topological polar surface area (TPSA) is 51.8 Å². The van der Waals surface area contributed by atoms with Gasteiger partial charge in [-0.3, -0.25) is 4.98 Å². The van der Waals surface area contributed by atoms with Crippen molar-refractivity contribution >= 4 is 11.8 Å². The zero-order valence-electron chi connectivity index (χ0n) is 14.5. The smallest absolute Gasteiger partial charge is 0.259 e. The van der Waals surface area contributed by atoms with Gasteiger partial charge in [0.15, 0.2) is 0 Å². The Morgan fingerprint density at radius 1 is 0.885 bits per heavy atom. The molecule has 128 valence electrons. The summed E-state index contributed by atoms with van der Waals surface area (Å²) in [5.74, 6) is 1.06. The molecule has 0 saturated carbocycles. The molecule has 0 spiro atoms. The number of aromatic nitrogens is 3. The lowest BCUT2D eigenvalue weighted by Crippen LogP contribution is -1.86. The van der Waals surface area contributed by atoms with Crippen LogP contribution in [0.2, 0.25) is 0 Å². The molecule has 0 saturated heterocycles. The number of benzene rings is 2. The second-order valence-electron chi connectivity index (χ2n) is 6.09. The maximum absolute atomic E-state index is 5.54. The number of hydrogen-bond acceptors (Lipinski definition) is 5. The third-order valence-electron chi connectivity index (χ3n) is 3.93. The van der Waals surface area contributed by atoms with E-state index in [1.165, 1.54) is 10.5 Å². The highest BCUT2D eigenvalue weighted by atomic mass is 32.2. The molecule has 0 N–H and O–H groups in total. The Morgan fingerprint density at radius 3 is 2.50 bits per heavy atom. The number of hydrogen-bond donors (Lipinski definition) is 0. The van der Waals surface area contributed by atoms with E-state index in [2.05, 4.69) is 52.4 Å². The van der Waals surface area contributed by atoms with E-state index >= 15 is 0 Å². The number of aryl methyl sites for hydroxylation is 2. The third-order valence-corrected chi connectivity index (χ3v) is 5.01. The van der Waals surface area contributed by atoms with E-state index in [9.17, 15) is 0 Å². The molecular formula is C21H17N3OS. The van der Waals surface area contributed by atoms with Crippen molar-refractivity contribution in [2.24, 2.45) is 0 Å². The average molecular weight is 359 g/mol. The van der Waals surface area contributed by atoms with Gasteiger partial charge in [-0.25, -0.2) is 0 Å². The van der Waals surface area contributed by atoms with Gasteiger partial charge < -0.3 is 4.52 Å². The second kappa shape index (κ2) is 7.14. The van der Waals surface area contributed by atoms with Gasteiger partial charge in [-0.15, -0.1) is 0 Å². The first-order valence-corrected chi connectivity index (χ1v) is 9.10. The van der Waals surface area contributed by atoms with Crippen LogP contribution in [0.25, 0.3) is 22.8 Å². The van der Waals surface area contributed by atoms with Crippen LogP contribution in [0.5, 0.6) is 0 Å². The Kier molecular flexibility index (Phi) is 4.54. The molecular weight excluding hydrogens is 342 g/mol. The molecule has 0 bridgehead atoms. The summed E-state index contributed by atoms with van der Waals surface area (Å²) in [5.41, 5.74) is 4.08. The average Bonchev–Trinajstić information content (AvgIpc) is 3.14. The molecule has 2 aromatic carbocycles. The van der Waals surface area contributed by atoms with E-state index in [1.807, 2.05) is 31.2 Å². The molecule has 0 fully saturated rings. The van der Waals surface area contributed by atoms with Crippen LogP contribution >= 0.6 is 11.8 Å². The van der Waals surface area contributed by atoms with Crippen molar-refractivity contribution in [1.82, 2.24) is 15.1 Å². The molecule has 0 radical (unpaired) electrons. The highest BCUT2D eigenvalue weighted by Gasteiger charge is 2.15. The van der Waals surface area contributed by atoms with Crippen molar-refractivity contribution in [1.29, 1.82) is 0 Å². The molecule has 5 heteroatoms. The summed E-state index contributed by atoms with van der Waals surface area (Å²) in [5, 5.41) is 4.13. The zero-order chi connectivity index (χ0) is 17.9. The molecule has 2 heterocycles. The number of pyridine rings is 1. The van der Waals surface area contributed by atoms with Crippen LogP contribution in [0.1, 0.15) is 11.1 Å². The van der Waals surface area contributed by atoms with Crippen molar-refractivity contribution in [3.8, 4) is 22.8 Å². The summed E-state index contributed by atoms with van der Waals surface area (Å²) in [6.07, 6.45) is 3.55. The van der Waals surface area contributed by atoms with E-state index in [1.54, 1.807) is 24.2 Å². The van der Waals surface area contributed by atoms with Gasteiger partial charge in [0.1, 0.15) is 0 Å². The van der Waals surface area contributed by atoms with Crippen molar-refractivity contribution in [2.75, 3.05) is 0 Å². The SMILES string of the molecule is Cc1ccc(Sc2ccccc2-c2nc(-c3cncc(C)c3)no2)cc1. The monoisotopic (exact) mass is 359 g/mol. The van der Waals surface area contributed by atoms with Crippen LogP contribution in [0.15, 0.2) is 81.3 Å². The van der Waals surface area contributed by atoms with Crippen LogP contribution in [0.4, 0.5) is 0 Å². The van der Waals surface area contributed by atoms with Gasteiger partial charge in [0, 0.05) is 27.7 Å². The van der Waals surface area contributed by atoms with Gasteiger partial charge in [-0.05, 0) is 49.7 Å². The quantitative estimate of drug-likeness (QED) is 0.477. The minimum atomic E-state index is 0.511. The van der Waals surface area contributed by atoms with Crippen LogP contribution < -0.4 is 0 Å². The standard InChI is InChI=1S/C21H17N3OS/c1-14-7-9-17(10-8-14)26-19-6-4-3-5-18(19)21-23-20(24-25-21)16-11-15(2)12-22-13-16/h3-13H,1-2H3. The van der Waals surface area contributed by atoms with Gasteiger partial charge in [-0.1, -0.05) is 46.7 Å². The van der Waals surface area contributed by atoms with Crippen molar-refractivity contribution in [3.63, 3.8) is 0 Å². The fourth-order valence-electron chi connectivity index (χ4n) is 2.59. The van der Waals surface area contributed by atoms with Gasteiger partial charge >= 0.3 is 0 Å². The minimum Gasteiger partial charge on any atom is -0.334 e. The molecule has 4 rings (SSSR count). The second-order valence-corrected chi connectivity index (χ2v) is 7.20. The predicted molar refractivity (Wildman–Crippen MR) is 103 cm³/mol. The third kappa shape index (κ3) is 3.53. The van der Waals surface area contributed by atoms with Crippen molar-refractivity contribution in [2.45, 2.75) is 23.6 Å². The van der Waals surface area contributed by atoms with Crippen LogP contribution in [0, 0.1) is 13.8 Å². The first kappa shape index (κ1) is 16.5. The number of nitrogens with zero attached hydrogens (tertiary/aromatic N) is 3. The van der Waals surface area contributed by atoms with Crippen LogP contribution in [0.3, 0.4) is 0 Å². The Bertz CT molecular complexity index is 1040. The lowest BCUT2D eigenvalue weighted by atomic mass is 10.2. The van der Waals surface area contributed by atoms with Gasteiger partial charge in [0.25, 0.3) is 5.89 Å². The maximum atomic E-state index is 5.54. The molecule has 4 aromatic rings. The first-order valence-electron chi connectivity index (χ1n) is 8.29. The highest BCUT2D eigenvalue weighted by molar-refractivity contribution is 7.99. The molecule has 26 heavy (non-hydrogen) atoms. The molecule has 0 unspecified atom stereocenters. The fourth-order valence-corrected chi connectivity index (χ4v) is 3.53. The fraction of sp³-hybridized carbons (Fsp3) is 0.0952. The largest absolute Gasteiger partial charge is 0.334 e. The van der Waals surface area contributed by atoms with E-state index in [0.717, 1.165) is 21.6 Å². The zero-order valence-corrected chi connectivity index (χ0v) is 15.3. The Morgan fingerprint density at radius 2 is 1.69 bits per heavy atom. The van der Waals surface area contributed by atoms with Gasteiger partial charge in [0.2, 0.25) is 5.82 Å². The molecule has 0 aliphatic rings. The summed E-state index contributed by atoms with van der Waals surface area (Å²) in [4.78, 5) is 11.0. The summed E-state index contributed by atoms with van der Waals surface area (Å²) < 4.78 is 5.54. The predicted octanol–water partition coefficient (Wildman–Crippen LogP) is 5.57. The lowest BCUT2D eigenvalue weighted by Gasteiger charge is -2.06. The first-order chi connectivity index (χ1) is 12.7. The molecule has 0 amide bonds. The van der Waals surface area contributed by atoms with Crippen LogP contribution in [-0.2, 0) is 0 Å². The summed E-state index contributed by atoms with van der Waals surface area (Å²) in [6.45, 7) is 4.08. The Hall–Kier alpha value is -2.92. The Labute approximate surface area is 156 Å². The maximum Gasteiger partial charge on any atom is 0.259 e.